The number of oxazole rings is 1. The van der Waals surface area contributed by atoms with Crippen molar-refractivity contribution in [1.82, 2.24) is 19.2 Å². The molecule has 8 nitrogen and oxygen atoms in total. The summed E-state index contributed by atoms with van der Waals surface area (Å²) in [5.74, 6) is -0.118. The van der Waals surface area contributed by atoms with E-state index in [-0.39, 0.29) is 23.9 Å². The number of pyridine rings is 1. The first kappa shape index (κ1) is 16.7. The molecule has 0 atom stereocenters. The molecule has 0 radical (unpaired) electrons. The molecule has 2 aromatic heterocycles. The van der Waals surface area contributed by atoms with Crippen LogP contribution in [0.15, 0.2) is 58.4 Å². The fraction of sp³-hybridized carbons (Fsp3) is 0.235. The Labute approximate surface area is 150 Å². The summed E-state index contributed by atoms with van der Waals surface area (Å²) >= 11 is 0. The number of sulfonamides is 1. The van der Waals surface area contributed by atoms with Crippen LogP contribution >= 0.6 is 0 Å². The molecule has 4 rings (SSSR count). The van der Waals surface area contributed by atoms with Gasteiger partial charge >= 0.3 is 0 Å². The first-order chi connectivity index (χ1) is 12.6. The summed E-state index contributed by atoms with van der Waals surface area (Å²) < 4.78 is 32.3. The fourth-order valence-corrected chi connectivity index (χ4v) is 4.39. The van der Waals surface area contributed by atoms with Crippen LogP contribution in [-0.4, -0.2) is 59.7 Å². The van der Waals surface area contributed by atoms with Crippen molar-refractivity contribution in [3.63, 3.8) is 0 Å². The lowest BCUT2D eigenvalue weighted by Gasteiger charge is -2.34. The monoisotopic (exact) mass is 372 g/mol. The molecule has 1 aromatic carbocycles. The Morgan fingerprint density at radius 1 is 1.04 bits per heavy atom. The topological polar surface area (TPSA) is 96.6 Å². The van der Waals surface area contributed by atoms with Gasteiger partial charge < -0.3 is 9.32 Å². The molecule has 0 unspecified atom stereocenters. The van der Waals surface area contributed by atoms with Gasteiger partial charge in [-0.25, -0.2) is 13.4 Å². The zero-order valence-electron chi connectivity index (χ0n) is 13.8. The lowest BCUT2D eigenvalue weighted by molar-refractivity contribution is 0.0698. The summed E-state index contributed by atoms with van der Waals surface area (Å²) in [4.78, 5) is 22.2. The molecule has 134 valence electrons. The van der Waals surface area contributed by atoms with E-state index in [0.29, 0.717) is 29.8 Å². The third kappa shape index (κ3) is 2.95. The summed E-state index contributed by atoms with van der Waals surface area (Å²) in [5.41, 5.74) is 1.58. The molecule has 1 aliphatic rings. The van der Waals surface area contributed by atoms with Crippen molar-refractivity contribution in [3.8, 4) is 0 Å². The molecule has 1 aliphatic heterocycles. The van der Waals surface area contributed by atoms with Gasteiger partial charge in [-0.3, -0.25) is 9.78 Å². The zero-order chi connectivity index (χ0) is 18.1. The third-order valence-corrected chi connectivity index (χ3v) is 6.29. The van der Waals surface area contributed by atoms with Crippen molar-refractivity contribution in [1.29, 1.82) is 0 Å². The smallest absolute Gasteiger partial charge is 0.254 e. The Morgan fingerprint density at radius 2 is 1.77 bits per heavy atom. The van der Waals surface area contributed by atoms with Gasteiger partial charge in [-0.2, -0.15) is 4.31 Å². The SMILES string of the molecule is O=C(c1ccncc1)N1CCN(S(=O)(=O)c2ccc3ncoc3c2)CC1. The highest BCUT2D eigenvalue weighted by molar-refractivity contribution is 7.89. The van der Waals surface area contributed by atoms with Crippen molar-refractivity contribution in [3.05, 3.63) is 54.7 Å². The number of piperazine rings is 1. The third-order valence-electron chi connectivity index (χ3n) is 4.39. The Kier molecular flexibility index (Phi) is 4.17. The first-order valence-corrected chi connectivity index (χ1v) is 9.52. The molecule has 1 amide bonds. The molecule has 3 aromatic rings. The van der Waals surface area contributed by atoms with Crippen molar-refractivity contribution < 1.29 is 17.6 Å². The molecule has 0 N–H and O–H groups in total. The summed E-state index contributed by atoms with van der Waals surface area (Å²) in [6, 6.07) is 7.92. The quantitative estimate of drug-likeness (QED) is 0.689. The predicted octanol–water partition coefficient (Wildman–Crippen LogP) is 1.37. The van der Waals surface area contributed by atoms with Crippen molar-refractivity contribution in [2.45, 2.75) is 4.90 Å². The van der Waals surface area contributed by atoms with Crippen LogP contribution in [0.3, 0.4) is 0 Å². The van der Waals surface area contributed by atoms with Crippen molar-refractivity contribution >= 4 is 27.0 Å². The minimum absolute atomic E-state index is 0.118. The number of nitrogens with zero attached hydrogens (tertiary/aromatic N) is 4. The van der Waals surface area contributed by atoms with Gasteiger partial charge in [0.05, 0.1) is 4.90 Å². The molecule has 3 heterocycles. The normalized spacial score (nSPS) is 16.1. The number of benzene rings is 1. The lowest BCUT2D eigenvalue weighted by Crippen LogP contribution is -2.50. The molecule has 26 heavy (non-hydrogen) atoms. The number of carbonyl (C=O) groups is 1. The molecular formula is C17H16N4O4S. The largest absolute Gasteiger partial charge is 0.443 e. The van der Waals surface area contributed by atoms with Crippen LogP contribution < -0.4 is 0 Å². The van der Waals surface area contributed by atoms with E-state index >= 15 is 0 Å². The van der Waals surface area contributed by atoms with Gasteiger partial charge in [0.1, 0.15) is 5.52 Å². The van der Waals surface area contributed by atoms with Gasteiger partial charge in [-0.1, -0.05) is 0 Å². The minimum atomic E-state index is -3.65. The average molecular weight is 372 g/mol. The second-order valence-corrected chi connectivity index (χ2v) is 7.85. The van der Waals surface area contributed by atoms with E-state index in [1.807, 2.05) is 0 Å². The Balaban J connectivity index is 1.49. The lowest BCUT2D eigenvalue weighted by atomic mass is 10.2. The van der Waals surface area contributed by atoms with Crippen LogP contribution in [0.25, 0.3) is 11.1 Å². The van der Waals surface area contributed by atoms with Crippen LogP contribution in [0, 0.1) is 0 Å². The van der Waals surface area contributed by atoms with Crippen LogP contribution in [-0.2, 0) is 10.0 Å². The molecule has 1 saturated heterocycles. The van der Waals surface area contributed by atoms with E-state index in [9.17, 15) is 13.2 Å². The van der Waals surface area contributed by atoms with E-state index in [0.717, 1.165) is 0 Å². The van der Waals surface area contributed by atoms with E-state index in [1.54, 1.807) is 35.5 Å². The van der Waals surface area contributed by atoms with Gasteiger partial charge in [0, 0.05) is 50.2 Å². The van der Waals surface area contributed by atoms with Gasteiger partial charge in [0.25, 0.3) is 5.91 Å². The number of amides is 1. The highest BCUT2D eigenvalue weighted by Crippen LogP contribution is 2.22. The number of hydrogen-bond acceptors (Lipinski definition) is 6. The van der Waals surface area contributed by atoms with E-state index in [2.05, 4.69) is 9.97 Å². The van der Waals surface area contributed by atoms with E-state index < -0.39 is 10.0 Å². The Bertz CT molecular complexity index is 1040. The molecule has 0 spiro atoms. The number of aromatic nitrogens is 2. The number of hydrogen-bond donors (Lipinski definition) is 0. The minimum Gasteiger partial charge on any atom is -0.443 e. The number of carbonyl (C=O) groups excluding carboxylic acids is 1. The summed E-state index contributed by atoms with van der Waals surface area (Å²) in [6.07, 6.45) is 4.41. The Morgan fingerprint density at radius 3 is 2.50 bits per heavy atom. The number of fused-ring (bicyclic) bond motifs is 1. The van der Waals surface area contributed by atoms with E-state index in [1.165, 1.54) is 22.8 Å². The van der Waals surface area contributed by atoms with Crippen LogP contribution in [0.4, 0.5) is 0 Å². The first-order valence-electron chi connectivity index (χ1n) is 8.08. The fourth-order valence-electron chi connectivity index (χ4n) is 2.95. The zero-order valence-corrected chi connectivity index (χ0v) is 14.6. The average Bonchev–Trinajstić information content (AvgIpc) is 3.16. The highest BCUT2D eigenvalue weighted by Gasteiger charge is 2.30. The maximum atomic E-state index is 12.9. The van der Waals surface area contributed by atoms with E-state index in [4.69, 9.17) is 4.42 Å². The molecule has 0 aliphatic carbocycles. The molecule has 0 bridgehead atoms. The summed E-state index contributed by atoms with van der Waals surface area (Å²) in [7, 11) is -3.65. The van der Waals surface area contributed by atoms with Gasteiger partial charge in [0.2, 0.25) is 10.0 Å². The predicted molar refractivity (Wildman–Crippen MR) is 92.9 cm³/mol. The maximum absolute atomic E-state index is 12.9. The molecule has 0 saturated carbocycles. The van der Waals surface area contributed by atoms with Gasteiger partial charge in [-0.15, -0.1) is 0 Å². The van der Waals surface area contributed by atoms with Crippen LogP contribution in [0.5, 0.6) is 0 Å². The second kappa shape index (κ2) is 6.50. The standard InChI is InChI=1S/C17H16N4O4S/c22-17(13-3-5-18-6-4-13)20-7-9-21(10-8-20)26(23,24)14-1-2-15-16(11-14)25-12-19-15/h1-6,11-12H,7-10H2. The van der Waals surface area contributed by atoms with Gasteiger partial charge in [-0.05, 0) is 24.3 Å². The molecular weight excluding hydrogens is 356 g/mol. The maximum Gasteiger partial charge on any atom is 0.254 e. The van der Waals surface area contributed by atoms with Crippen molar-refractivity contribution in [2.75, 3.05) is 26.2 Å². The van der Waals surface area contributed by atoms with Crippen molar-refractivity contribution in [2.24, 2.45) is 0 Å². The summed E-state index contributed by atoms with van der Waals surface area (Å²) in [6.45, 7) is 1.16. The Hall–Kier alpha value is -2.78. The summed E-state index contributed by atoms with van der Waals surface area (Å²) in [5, 5.41) is 0. The van der Waals surface area contributed by atoms with Crippen LogP contribution in [0.2, 0.25) is 0 Å². The van der Waals surface area contributed by atoms with Gasteiger partial charge in [0.15, 0.2) is 12.0 Å². The molecule has 9 heteroatoms. The molecule has 1 fully saturated rings. The highest BCUT2D eigenvalue weighted by atomic mass is 32.2. The number of rotatable bonds is 3. The second-order valence-electron chi connectivity index (χ2n) is 5.91. The van der Waals surface area contributed by atoms with Crippen LogP contribution in [0.1, 0.15) is 10.4 Å².